The van der Waals surface area contributed by atoms with Crippen LogP contribution in [0.1, 0.15) is 38.6 Å². The van der Waals surface area contributed by atoms with Crippen LogP contribution in [0.5, 0.6) is 0 Å². The standard InChI is InChI=1S/C13H25N5O/c1-5-11-8-12(18(6-2)15-11)9-17(4)10(3)7-13(14)16-19/h8,10,19H,5-7,9H2,1-4H3,(H2,14,16). The smallest absolute Gasteiger partial charge is 0.140 e. The van der Waals surface area contributed by atoms with Crippen LogP contribution in [0.4, 0.5) is 0 Å². The maximum absolute atomic E-state index is 8.60. The number of oxime groups is 1. The van der Waals surface area contributed by atoms with Gasteiger partial charge in [-0.2, -0.15) is 5.10 Å². The van der Waals surface area contributed by atoms with Crippen LogP contribution < -0.4 is 5.73 Å². The Morgan fingerprint density at radius 2 is 2.26 bits per heavy atom. The maximum atomic E-state index is 8.60. The predicted octanol–water partition coefficient (Wildman–Crippen LogP) is 1.42. The van der Waals surface area contributed by atoms with Crippen molar-refractivity contribution in [2.45, 2.75) is 52.7 Å². The zero-order chi connectivity index (χ0) is 14.4. The molecular formula is C13H25N5O. The average Bonchev–Trinajstić information content (AvgIpc) is 2.80. The minimum atomic E-state index is 0.209. The maximum Gasteiger partial charge on any atom is 0.140 e. The number of hydrogen-bond acceptors (Lipinski definition) is 4. The minimum absolute atomic E-state index is 0.209. The van der Waals surface area contributed by atoms with Crippen LogP contribution in [0, 0.1) is 0 Å². The van der Waals surface area contributed by atoms with E-state index in [0.29, 0.717) is 6.42 Å². The zero-order valence-electron chi connectivity index (χ0n) is 12.3. The molecule has 1 heterocycles. The van der Waals surface area contributed by atoms with E-state index in [1.807, 2.05) is 11.7 Å². The van der Waals surface area contributed by atoms with Gasteiger partial charge in [-0.25, -0.2) is 0 Å². The van der Waals surface area contributed by atoms with Gasteiger partial charge in [-0.1, -0.05) is 12.1 Å². The van der Waals surface area contributed by atoms with Crippen molar-refractivity contribution in [3.05, 3.63) is 17.5 Å². The van der Waals surface area contributed by atoms with Crippen LogP contribution in [0.3, 0.4) is 0 Å². The van der Waals surface area contributed by atoms with Crippen molar-refractivity contribution in [2.24, 2.45) is 10.9 Å². The third-order valence-electron chi connectivity index (χ3n) is 3.37. The van der Waals surface area contributed by atoms with Gasteiger partial charge >= 0.3 is 0 Å². The Bertz CT molecular complexity index is 427. The van der Waals surface area contributed by atoms with Gasteiger partial charge in [0.2, 0.25) is 0 Å². The van der Waals surface area contributed by atoms with Gasteiger partial charge in [0.25, 0.3) is 0 Å². The molecule has 3 N–H and O–H groups in total. The first-order valence-corrected chi connectivity index (χ1v) is 6.74. The lowest BCUT2D eigenvalue weighted by molar-refractivity contribution is 0.244. The van der Waals surface area contributed by atoms with E-state index < -0.39 is 0 Å². The highest BCUT2D eigenvalue weighted by molar-refractivity contribution is 5.80. The Kier molecular flexibility index (Phi) is 5.82. The Hall–Kier alpha value is -1.56. The normalized spacial score (nSPS) is 14.1. The van der Waals surface area contributed by atoms with E-state index in [4.69, 9.17) is 10.9 Å². The number of aryl methyl sites for hydroxylation is 2. The molecule has 1 aromatic rings. The molecule has 0 bridgehead atoms. The molecule has 108 valence electrons. The average molecular weight is 267 g/mol. The fraction of sp³-hybridized carbons (Fsp3) is 0.692. The molecule has 6 heteroatoms. The van der Waals surface area contributed by atoms with Crippen molar-refractivity contribution in [2.75, 3.05) is 7.05 Å². The summed E-state index contributed by atoms with van der Waals surface area (Å²) in [6.07, 6.45) is 1.50. The molecule has 0 spiro atoms. The number of aromatic nitrogens is 2. The lowest BCUT2D eigenvalue weighted by Gasteiger charge is -2.24. The first-order chi connectivity index (χ1) is 9.01. The largest absolute Gasteiger partial charge is 0.409 e. The molecule has 0 aliphatic carbocycles. The van der Waals surface area contributed by atoms with Gasteiger partial charge in [0.1, 0.15) is 5.84 Å². The number of nitrogens with zero attached hydrogens (tertiary/aromatic N) is 4. The molecule has 6 nitrogen and oxygen atoms in total. The quantitative estimate of drug-likeness (QED) is 0.339. The molecule has 0 fully saturated rings. The lowest BCUT2D eigenvalue weighted by Crippen LogP contribution is -2.33. The van der Waals surface area contributed by atoms with Crippen LogP contribution in [0.2, 0.25) is 0 Å². The van der Waals surface area contributed by atoms with Crippen molar-refractivity contribution in [1.82, 2.24) is 14.7 Å². The molecule has 0 aliphatic rings. The number of hydrogen-bond donors (Lipinski definition) is 2. The van der Waals surface area contributed by atoms with E-state index in [9.17, 15) is 0 Å². The molecule has 0 amide bonds. The SMILES string of the molecule is CCc1cc(CN(C)C(C)CC(N)=NO)n(CC)n1. The summed E-state index contributed by atoms with van der Waals surface area (Å²) < 4.78 is 2.03. The van der Waals surface area contributed by atoms with Gasteiger partial charge < -0.3 is 10.9 Å². The summed E-state index contributed by atoms with van der Waals surface area (Å²) in [5.74, 6) is 0.262. The van der Waals surface area contributed by atoms with E-state index in [2.05, 4.69) is 42.0 Å². The van der Waals surface area contributed by atoms with Gasteiger partial charge in [0, 0.05) is 25.6 Å². The van der Waals surface area contributed by atoms with Gasteiger partial charge in [-0.3, -0.25) is 9.58 Å². The number of amidine groups is 1. The molecule has 1 aromatic heterocycles. The molecule has 19 heavy (non-hydrogen) atoms. The first-order valence-electron chi connectivity index (χ1n) is 6.74. The predicted molar refractivity (Wildman–Crippen MR) is 76.2 cm³/mol. The van der Waals surface area contributed by atoms with Crippen LogP contribution >= 0.6 is 0 Å². The second kappa shape index (κ2) is 7.13. The summed E-state index contributed by atoms with van der Waals surface area (Å²) >= 11 is 0. The van der Waals surface area contributed by atoms with Gasteiger partial charge in [0.15, 0.2) is 0 Å². The summed E-state index contributed by atoms with van der Waals surface area (Å²) in [6.45, 7) is 7.94. The zero-order valence-corrected chi connectivity index (χ0v) is 12.3. The van der Waals surface area contributed by atoms with Crippen LogP contribution in [0.25, 0.3) is 0 Å². The summed E-state index contributed by atoms with van der Waals surface area (Å²) in [5.41, 5.74) is 7.86. The number of rotatable bonds is 7. The first kappa shape index (κ1) is 15.5. The lowest BCUT2D eigenvalue weighted by atomic mass is 10.2. The molecule has 0 radical (unpaired) electrons. The highest BCUT2D eigenvalue weighted by Crippen LogP contribution is 2.11. The van der Waals surface area contributed by atoms with Gasteiger partial charge in [0.05, 0.1) is 11.4 Å². The minimum Gasteiger partial charge on any atom is -0.409 e. The van der Waals surface area contributed by atoms with E-state index in [-0.39, 0.29) is 11.9 Å². The Labute approximate surface area is 114 Å². The third kappa shape index (κ3) is 4.24. The van der Waals surface area contributed by atoms with Gasteiger partial charge in [-0.15, -0.1) is 0 Å². The molecule has 0 aliphatic heterocycles. The van der Waals surface area contributed by atoms with Crippen LogP contribution in [0.15, 0.2) is 11.2 Å². The Morgan fingerprint density at radius 1 is 1.58 bits per heavy atom. The van der Waals surface area contributed by atoms with Crippen molar-refractivity contribution >= 4 is 5.84 Å². The van der Waals surface area contributed by atoms with Crippen molar-refractivity contribution in [1.29, 1.82) is 0 Å². The molecule has 0 saturated carbocycles. The summed E-state index contributed by atoms with van der Waals surface area (Å²) in [4.78, 5) is 2.18. The highest BCUT2D eigenvalue weighted by atomic mass is 16.4. The molecule has 1 unspecified atom stereocenters. The topological polar surface area (TPSA) is 79.7 Å². The monoisotopic (exact) mass is 267 g/mol. The van der Waals surface area contributed by atoms with Gasteiger partial charge in [-0.05, 0) is 33.4 Å². The van der Waals surface area contributed by atoms with Crippen LogP contribution in [-0.2, 0) is 19.5 Å². The molecule has 0 saturated heterocycles. The van der Waals surface area contributed by atoms with Crippen LogP contribution in [-0.4, -0.2) is 38.8 Å². The molecular weight excluding hydrogens is 242 g/mol. The summed E-state index contributed by atoms with van der Waals surface area (Å²) in [7, 11) is 2.04. The number of nitrogens with two attached hydrogens (primary N) is 1. The Balaban J connectivity index is 2.70. The summed E-state index contributed by atoms with van der Waals surface area (Å²) in [6, 6.07) is 2.36. The highest BCUT2D eigenvalue weighted by Gasteiger charge is 2.14. The Morgan fingerprint density at radius 3 is 2.79 bits per heavy atom. The van der Waals surface area contributed by atoms with Crippen molar-refractivity contribution in [3.8, 4) is 0 Å². The van der Waals surface area contributed by atoms with Crippen molar-refractivity contribution < 1.29 is 5.21 Å². The second-order valence-corrected chi connectivity index (χ2v) is 4.86. The summed E-state index contributed by atoms with van der Waals surface area (Å²) in [5, 5.41) is 16.2. The molecule has 0 aromatic carbocycles. The fourth-order valence-electron chi connectivity index (χ4n) is 2.00. The van der Waals surface area contributed by atoms with E-state index in [1.54, 1.807) is 0 Å². The second-order valence-electron chi connectivity index (χ2n) is 4.86. The van der Waals surface area contributed by atoms with E-state index in [0.717, 1.165) is 25.2 Å². The van der Waals surface area contributed by atoms with E-state index in [1.165, 1.54) is 5.69 Å². The fourth-order valence-corrected chi connectivity index (χ4v) is 2.00. The third-order valence-corrected chi connectivity index (χ3v) is 3.37. The van der Waals surface area contributed by atoms with Crippen molar-refractivity contribution in [3.63, 3.8) is 0 Å². The van der Waals surface area contributed by atoms with E-state index >= 15 is 0 Å². The molecule has 1 rings (SSSR count). The molecule has 1 atom stereocenters.